The molecule has 2 rings (SSSR count). The number of thiocarbonyl (C=S) groups is 1. The highest BCUT2D eigenvalue weighted by molar-refractivity contribution is 7.80. The molecule has 1 aromatic carbocycles. The van der Waals surface area contributed by atoms with Gasteiger partial charge >= 0.3 is 0 Å². The van der Waals surface area contributed by atoms with Crippen LogP contribution in [0.25, 0.3) is 0 Å². The van der Waals surface area contributed by atoms with Crippen molar-refractivity contribution in [1.82, 2.24) is 15.1 Å². The Morgan fingerprint density at radius 2 is 2.15 bits per heavy atom. The summed E-state index contributed by atoms with van der Waals surface area (Å²) in [6.45, 7) is 3.44. The standard InChI is InChI=1S/C13H14Cl2N4S/c1-2-19-7-6-9(18-19)8-16-13(20)17-11-5-3-4-10(14)12(11)15/h3-7H,2,8H2,1H3,(H2,16,17,20). The van der Waals surface area contributed by atoms with Crippen LogP contribution >= 0.6 is 35.4 Å². The Kier molecular flexibility index (Phi) is 5.23. The molecular weight excluding hydrogens is 315 g/mol. The number of benzene rings is 1. The van der Waals surface area contributed by atoms with Crippen molar-refractivity contribution < 1.29 is 0 Å². The fraction of sp³-hybridized carbons (Fsp3) is 0.231. The summed E-state index contributed by atoms with van der Waals surface area (Å²) in [6.07, 6.45) is 1.93. The molecule has 0 unspecified atom stereocenters. The van der Waals surface area contributed by atoms with Crippen molar-refractivity contribution in [3.63, 3.8) is 0 Å². The van der Waals surface area contributed by atoms with Gasteiger partial charge in [-0.3, -0.25) is 4.68 Å². The fourth-order valence-electron chi connectivity index (χ4n) is 1.61. The molecular formula is C13H14Cl2N4S. The van der Waals surface area contributed by atoms with Gasteiger partial charge in [0, 0.05) is 12.7 Å². The molecule has 0 amide bonds. The third-order valence-corrected chi connectivity index (χ3v) is 3.72. The van der Waals surface area contributed by atoms with Crippen molar-refractivity contribution in [2.75, 3.05) is 5.32 Å². The van der Waals surface area contributed by atoms with E-state index in [9.17, 15) is 0 Å². The zero-order valence-electron chi connectivity index (χ0n) is 10.9. The van der Waals surface area contributed by atoms with Crippen LogP contribution in [-0.2, 0) is 13.1 Å². The van der Waals surface area contributed by atoms with Gasteiger partial charge in [-0.15, -0.1) is 0 Å². The number of halogens is 2. The lowest BCUT2D eigenvalue weighted by Crippen LogP contribution is -2.28. The molecule has 106 valence electrons. The first kappa shape index (κ1) is 15.1. The minimum Gasteiger partial charge on any atom is -0.357 e. The van der Waals surface area contributed by atoms with E-state index in [1.807, 2.05) is 36.0 Å². The Morgan fingerprint density at radius 1 is 1.35 bits per heavy atom. The van der Waals surface area contributed by atoms with Crippen LogP contribution in [0.1, 0.15) is 12.6 Å². The molecule has 0 saturated carbocycles. The molecule has 2 aromatic rings. The van der Waals surface area contributed by atoms with Crippen molar-refractivity contribution in [2.24, 2.45) is 0 Å². The fourth-order valence-corrected chi connectivity index (χ4v) is 2.14. The van der Waals surface area contributed by atoms with E-state index in [2.05, 4.69) is 15.7 Å². The van der Waals surface area contributed by atoms with Crippen LogP contribution in [0, 0.1) is 0 Å². The zero-order chi connectivity index (χ0) is 14.5. The van der Waals surface area contributed by atoms with Gasteiger partial charge < -0.3 is 10.6 Å². The molecule has 0 bridgehead atoms. The van der Waals surface area contributed by atoms with Gasteiger partial charge in [0.1, 0.15) is 0 Å². The maximum atomic E-state index is 6.08. The first-order chi connectivity index (χ1) is 9.60. The number of aryl methyl sites for hydroxylation is 1. The van der Waals surface area contributed by atoms with Crippen molar-refractivity contribution in [2.45, 2.75) is 20.0 Å². The summed E-state index contributed by atoms with van der Waals surface area (Å²) in [6, 6.07) is 7.30. The van der Waals surface area contributed by atoms with Crippen molar-refractivity contribution >= 4 is 46.2 Å². The molecule has 0 saturated heterocycles. The highest BCUT2D eigenvalue weighted by atomic mass is 35.5. The largest absolute Gasteiger partial charge is 0.357 e. The molecule has 1 heterocycles. The number of hydrogen-bond donors (Lipinski definition) is 2. The Balaban J connectivity index is 1.91. The summed E-state index contributed by atoms with van der Waals surface area (Å²) in [5.41, 5.74) is 1.60. The summed E-state index contributed by atoms with van der Waals surface area (Å²) in [7, 11) is 0. The van der Waals surface area contributed by atoms with Crippen LogP contribution < -0.4 is 10.6 Å². The van der Waals surface area contributed by atoms with Gasteiger partial charge in [0.2, 0.25) is 0 Å². The normalized spacial score (nSPS) is 10.3. The highest BCUT2D eigenvalue weighted by Crippen LogP contribution is 2.29. The Morgan fingerprint density at radius 3 is 2.85 bits per heavy atom. The molecule has 0 atom stereocenters. The van der Waals surface area contributed by atoms with E-state index >= 15 is 0 Å². The van der Waals surface area contributed by atoms with E-state index in [0.29, 0.717) is 27.4 Å². The van der Waals surface area contributed by atoms with E-state index in [0.717, 1.165) is 12.2 Å². The maximum absolute atomic E-state index is 6.08. The lowest BCUT2D eigenvalue weighted by atomic mass is 10.3. The lowest BCUT2D eigenvalue weighted by molar-refractivity contribution is 0.643. The Hall–Kier alpha value is -1.30. The van der Waals surface area contributed by atoms with Gasteiger partial charge in [-0.1, -0.05) is 29.3 Å². The van der Waals surface area contributed by atoms with E-state index in [1.54, 1.807) is 6.07 Å². The van der Waals surface area contributed by atoms with Crippen LogP contribution in [0.15, 0.2) is 30.5 Å². The average Bonchev–Trinajstić information content (AvgIpc) is 2.90. The maximum Gasteiger partial charge on any atom is 0.171 e. The van der Waals surface area contributed by atoms with E-state index < -0.39 is 0 Å². The van der Waals surface area contributed by atoms with Crippen molar-refractivity contribution in [1.29, 1.82) is 0 Å². The molecule has 0 aliphatic heterocycles. The number of nitrogens with one attached hydrogen (secondary N) is 2. The summed E-state index contributed by atoms with van der Waals surface area (Å²) >= 11 is 17.2. The van der Waals surface area contributed by atoms with E-state index in [1.165, 1.54) is 0 Å². The average molecular weight is 329 g/mol. The van der Waals surface area contributed by atoms with Gasteiger partial charge in [0.25, 0.3) is 0 Å². The number of anilines is 1. The molecule has 0 fully saturated rings. The topological polar surface area (TPSA) is 41.9 Å². The molecule has 0 aliphatic carbocycles. The van der Waals surface area contributed by atoms with E-state index in [4.69, 9.17) is 35.4 Å². The van der Waals surface area contributed by atoms with Crippen molar-refractivity contribution in [3.8, 4) is 0 Å². The van der Waals surface area contributed by atoms with Crippen LogP contribution in [0.3, 0.4) is 0 Å². The van der Waals surface area contributed by atoms with Crippen LogP contribution in [0.5, 0.6) is 0 Å². The first-order valence-corrected chi connectivity index (χ1v) is 7.27. The zero-order valence-corrected chi connectivity index (χ0v) is 13.2. The predicted octanol–water partition coefficient (Wildman–Crippen LogP) is 3.70. The van der Waals surface area contributed by atoms with E-state index in [-0.39, 0.29) is 0 Å². The molecule has 0 aliphatic rings. The number of hydrogen-bond acceptors (Lipinski definition) is 2. The number of rotatable bonds is 4. The molecule has 0 radical (unpaired) electrons. The lowest BCUT2D eigenvalue weighted by Gasteiger charge is -2.11. The van der Waals surface area contributed by atoms with Crippen LogP contribution in [0.4, 0.5) is 5.69 Å². The van der Waals surface area contributed by atoms with Gasteiger partial charge in [0.15, 0.2) is 5.11 Å². The monoisotopic (exact) mass is 328 g/mol. The number of nitrogens with zero attached hydrogens (tertiary/aromatic N) is 2. The Labute approximate surface area is 133 Å². The molecule has 2 N–H and O–H groups in total. The first-order valence-electron chi connectivity index (χ1n) is 6.11. The summed E-state index contributed by atoms with van der Waals surface area (Å²) in [5.74, 6) is 0. The SMILES string of the molecule is CCn1ccc(CNC(=S)Nc2cccc(Cl)c2Cl)n1. The van der Waals surface area contributed by atoms with Gasteiger partial charge in [-0.05, 0) is 37.3 Å². The second-order valence-corrected chi connectivity index (χ2v) is 5.27. The Bertz CT molecular complexity index is 612. The second-order valence-electron chi connectivity index (χ2n) is 4.07. The van der Waals surface area contributed by atoms with Crippen LogP contribution in [-0.4, -0.2) is 14.9 Å². The van der Waals surface area contributed by atoms with Crippen molar-refractivity contribution in [3.05, 3.63) is 46.2 Å². The summed E-state index contributed by atoms with van der Waals surface area (Å²) < 4.78 is 1.86. The summed E-state index contributed by atoms with van der Waals surface area (Å²) in [5, 5.41) is 11.9. The summed E-state index contributed by atoms with van der Waals surface area (Å²) in [4.78, 5) is 0. The minimum atomic E-state index is 0.452. The minimum absolute atomic E-state index is 0.452. The highest BCUT2D eigenvalue weighted by Gasteiger charge is 2.06. The molecule has 20 heavy (non-hydrogen) atoms. The molecule has 4 nitrogen and oxygen atoms in total. The van der Waals surface area contributed by atoms with Gasteiger partial charge in [0.05, 0.1) is 28.0 Å². The molecule has 1 aromatic heterocycles. The third-order valence-electron chi connectivity index (χ3n) is 2.65. The quantitative estimate of drug-likeness (QED) is 0.840. The molecule has 0 spiro atoms. The smallest absolute Gasteiger partial charge is 0.171 e. The van der Waals surface area contributed by atoms with Crippen LogP contribution in [0.2, 0.25) is 10.0 Å². The van der Waals surface area contributed by atoms with Gasteiger partial charge in [-0.2, -0.15) is 5.10 Å². The predicted molar refractivity (Wildman–Crippen MR) is 87.4 cm³/mol. The van der Waals surface area contributed by atoms with Gasteiger partial charge in [-0.25, -0.2) is 0 Å². The molecule has 7 heteroatoms. The third kappa shape index (κ3) is 3.85. The number of aromatic nitrogens is 2. The second kappa shape index (κ2) is 6.92.